The van der Waals surface area contributed by atoms with Crippen molar-refractivity contribution in [3.63, 3.8) is 0 Å². The predicted octanol–water partition coefficient (Wildman–Crippen LogP) is 3.88. The molecule has 1 atom stereocenters. The summed E-state index contributed by atoms with van der Waals surface area (Å²) in [7, 11) is 3.11. The van der Waals surface area contributed by atoms with Crippen molar-refractivity contribution in [1.29, 1.82) is 0 Å². The van der Waals surface area contributed by atoms with Gasteiger partial charge in [0, 0.05) is 18.2 Å². The van der Waals surface area contributed by atoms with Gasteiger partial charge in [-0.2, -0.15) is 4.98 Å². The molecule has 1 saturated heterocycles. The van der Waals surface area contributed by atoms with E-state index in [-0.39, 0.29) is 17.5 Å². The number of aromatic nitrogens is 2. The third kappa shape index (κ3) is 5.28. The van der Waals surface area contributed by atoms with Crippen molar-refractivity contribution in [3.05, 3.63) is 53.9 Å². The van der Waals surface area contributed by atoms with Gasteiger partial charge < -0.3 is 19.3 Å². The van der Waals surface area contributed by atoms with Crippen molar-refractivity contribution in [3.8, 4) is 22.9 Å². The van der Waals surface area contributed by atoms with Crippen molar-refractivity contribution in [2.24, 2.45) is 5.92 Å². The van der Waals surface area contributed by atoms with Gasteiger partial charge in [-0.25, -0.2) is 8.78 Å². The average Bonchev–Trinajstić information content (AvgIpc) is 3.29. The number of carbonyl (C=O) groups excluding carboxylic acids is 1. The van der Waals surface area contributed by atoms with Gasteiger partial charge in [-0.05, 0) is 49.7 Å². The number of amides is 1. The van der Waals surface area contributed by atoms with Crippen LogP contribution in [-0.4, -0.2) is 48.3 Å². The molecule has 0 spiro atoms. The number of rotatable bonds is 7. The molecule has 10 heteroatoms. The van der Waals surface area contributed by atoms with E-state index in [1.165, 1.54) is 6.07 Å². The fraction of sp³-hybridized carbons (Fsp3) is 0.348. The number of methoxy groups -OCH3 is 2. The summed E-state index contributed by atoms with van der Waals surface area (Å²) in [4.78, 5) is 19.1. The maximum atomic E-state index is 13.9. The smallest absolute Gasteiger partial charge is 0.241 e. The van der Waals surface area contributed by atoms with Gasteiger partial charge in [-0.3, -0.25) is 9.69 Å². The van der Waals surface area contributed by atoms with Crippen LogP contribution in [0.15, 0.2) is 40.9 Å². The fourth-order valence-electron chi connectivity index (χ4n) is 3.84. The normalized spacial score (nSPS) is 16.4. The minimum atomic E-state index is -0.801. The molecule has 0 aliphatic carbocycles. The highest BCUT2D eigenvalue weighted by Crippen LogP contribution is 2.31. The van der Waals surface area contributed by atoms with Gasteiger partial charge in [0.05, 0.1) is 32.4 Å². The number of hydrogen-bond donors (Lipinski definition) is 1. The number of nitrogens with zero attached hydrogens (tertiary/aromatic N) is 3. The number of anilines is 1. The van der Waals surface area contributed by atoms with E-state index in [0.29, 0.717) is 42.7 Å². The zero-order valence-corrected chi connectivity index (χ0v) is 18.3. The second-order valence-corrected chi connectivity index (χ2v) is 7.77. The van der Waals surface area contributed by atoms with E-state index in [1.54, 1.807) is 26.4 Å². The Balaban J connectivity index is 1.39. The van der Waals surface area contributed by atoms with Crippen molar-refractivity contribution in [1.82, 2.24) is 15.0 Å². The first-order valence-electron chi connectivity index (χ1n) is 10.5. The fourth-order valence-corrected chi connectivity index (χ4v) is 3.84. The Labute approximate surface area is 189 Å². The highest BCUT2D eigenvalue weighted by atomic mass is 19.1. The van der Waals surface area contributed by atoms with Crippen LogP contribution in [0.5, 0.6) is 11.5 Å². The molecule has 4 rings (SSSR count). The van der Waals surface area contributed by atoms with Crippen LogP contribution in [0, 0.1) is 17.6 Å². The lowest BCUT2D eigenvalue weighted by Gasteiger charge is -2.30. The van der Waals surface area contributed by atoms with Crippen LogP contribution in [-0.2, 0) is 11.3 Å². The maximum absolute atomic E-state index is 13.9. The van der Waals surface area contributed by atoms with E-state index in [1.807, 2.05) is 11.0 Å². The summed E-state index contributed by atoms with van der Waals surface area (Å²) in [6, 6.07) is 8.42. The van der Waals surface area contributed by atoms with Gasteiger partial charge in [0.2, 0.25) is 17.6 Å². The van der Waals surface area contributed by atoms with Crippen molar-refractivity contribution in [2.75, 3.05) is 32.6 Å². The number of nitrogens with one attached hydrogen (secondary N) is 1. The Morgan fingerprint density at radius 1 is 1.18 bits per heavy atom. The number of likely N-dealkylation sites (tertiary alicyclic amines) is 1. The second kappa shape index (κ2) is 9.95. The van der Waals surface area contributed by atoms with Crippen molar-refractivity contribution < 1.29 is 27.6 Å². The lowest BCUT2D eigenvalue weighted by Crippen LogP contribution is -2.40. The van der Waals surface area contributed by atoms with E-state index in [9.17, 15) is 13.6 Å². The molecule has 2 heterocycles. The summed E-state index contributed by atoms with van der Waals surface area (Å²) in [5.41, 5.74) is 0.690. The lowest BCUT2D eigenvalue weighted by molar-refractivity contribution is -0.121. The van der Waals surface area contributed by atoms with E-state index in [4.69, 9.17) is 14.0 Å². The molecule has 1 amide bonds. The Hall–Kier alpha value is -3.53. The quantitative estimate of drug-likeness (QED) is 0.575. The van der Waals surface area contributed by atoms with E-state index in [2.05, 4.69) is 15.5 Å². The summed E-state index contributed by atoms with van der Waals surface area (Å²) in [6.45, 7) is 1.61. The molecule has 0 bridgehead atoms. The number of halogens is 2. The number of ether oxygens (including phenoxy) is 2. The largest absolute Gasteiger partial charge is 0.493 e. The molecular formula is C23H24F2N4O4. The Bertz CT molecular complexity index is 1140. The Morgan fingerprint density at radius 3 is 2.76 bits per heavy atom. The van der Waals surface area contributed by atoms with Crippen molar-refractivity contribution in [2.45, 2.75) is 19.4 Å². The van der Waals surface area contributed by atoms with Gasteiger partial charge in [-0.1, -0.05) is 5.16 Å². The van der Waals surface area contributed by atoms with Gasteiger partial charge in [0.1, 0.15) is 11.6 Å². The minimum Gasteiger partial charge on any atom is -0.493 e. The monoisotopic (exact) mass is 458 g/mol. The van der Waals surface area contributed by atoms with Gasteiger partial charge in [-0.15, -0.1) is 0 Å². The molecule has 8 nitrogen and oxygen atoms in total. The predicted molar refractivity (Wildman–Crippen MR) is 116 cm³/mol. The minimum absolute atomic E-state index is 0.0324. The molecule has 3 aromatic rings. The molecule has 0 unspecified atom stereocenters. The maximum Gasteiger partial charge on any atom is 0.241 e. The molecule has 1 N–H and O–H groups in total. The van der Waals surface area contributed by atoms with Crippen LogP contribution in [0.1, 0.15) is 18.7 Å². The molecule has 0 saturated carbocycles. The highest BCUT2D eigenvalue weighted by Gasteiger charge is 2.27. The molecule has 1 aliphatic heterocycles. The summed E-state index contributed by atoms with van der Waals surface area (Å²) in [6.07, 6.45) is 1.46. The van der Waals surface area contributed by atoms with E-state index in [0.717, 1.165) is 30.7 Å². The lowest BCUT2D eigenvalue weighted by atomic mass is 9.97. The van der Waals surface area contributed by atoms with Gasteiger partial charge >= 0.3 is 0 Å². The zero-order valence-electron chi connectivity index (χ0n) is 18.3. The molecule has 1 aliphatic rings. The molecule has 0 radical (unpaired) electrons. The van der Waals surface area contributed by atoms with Crippen molar-refractivity contribution >= 4 is 11.6 Å². The summed E-state index contributed by atoms with van der Waals surface area (Å²) < 4.78 is 42.9. The van der Waals surface area contributed by atoms with Gasteiger partial charge in [0.25, 0.3) is 0 Å². The van der Waals surface area contributed by atoms with Crippen LogP contribution >= 0.6 is 0 Å². The number of benzene rings is 2. The first-order chi connectivity index (χ1) is 16.0. The molecular weight excluding hydrogens is 434 g/mol. The number of hydrogen-bond acceptors (Lipinski definition) is 7. The van der Waals surface area contributed by atoms with Gasteiger partial charge in [0.15, 0.2) is 11.5 Å². The number of carbonyl (C=O) groups is 1. The third-order valence-corrected chi connectivity index (χ3v) is 5.53. The summed E-state index contributed by atoms with van der Waals surface area (Å²) in [5, 5.41) is 6.61. The highest BCUT2D eigenvalue weighted by molar-refractivity contribution is 5.92. The van der Waals surface area contributed by atoms with Crippen LogP contribution in [0.25, 0.3) is 11.4 Å². The molecule has 1 fully saturated rings. The van der Waals surface area contributed by atoms with E-state index >= 15 is 0 Å². The second-order valence-electron chi connectivity index (χ2n) is 7.77. The standard InChI is InChI=1S/C23H24F2N4O4/c1-31-19-8-5-14(10-20(19)32-2)22-27-21(33-28-22)13-29-9-3-4-15(12-29)23(30)26-18-7-6-16(24)11-17(18)25/h5-8,10-11,15H,3-4,9,12-13H2,1-2H3,(H,26,30)/t15-/m1/s1. The first kappa shape index (κ1) is 22.7. The zero-order chi connectivity index (χ0) is 23.4. The number of piperidine rings is 1. The molecule has 174 valence electrons. The Morgan fingerprint density at radius 2 is 2.00 bits per heavy atom. The average molecular weight is 458 g/mol. The van der Waals surface area contributed by atoms with Crippen LogP contribution in [0.3, 0.4) is 0 Å². The van der Waals surface area contributed by atoms with Crippen LogP contribution in [0.4, 0.5) is 14.5 Å². The molecule has 1 aromatic heterocycles. The van der Waals surface area contributed by atoms with Crippen LogP contribution < -0.4 is 14.8 Å². The summed E-state index contributed by atoms with van der Waals surface area (Å²) in [5.74, 6) is -0.134. The topological polar surface area (TPSA) is 89.7 Å². The first-order valence-corrected chi connectivity index (χ1v) is 10.5. The van der Waals surface area contributed by atoms with E-state index < -0.39 is 11.6 Å². The summed E-state index contributed by atoms with van der Waals surface area (Å²) >= 11 is 0. The molecule has 2 aromatic carbocycles. The Kier molecular flexibility index (Phi) is 6.83. The molecule has 33 heavy (non-hydrogen) atoms. The third-order valence-electron chi connectivity index (χ3n) is 5.53. The SMILES string of the molecule is COc1ccc(-c2noc(CN3CCC[C@@H](C(=O)Nc4ccc(F)cc4F)C3)n2)cc1OC. The van der Waals surface area contributed by atoms with Crippen LogP contribution in [0.2, 0.25) is 0 Å².